The second-order valence-electron chi connectivity index (χ2n) is 4.91. The summed E-state index contributed by atoms with van der Waals surface area (Å²) in [5.74, 6) is -0.487. The summed E-state index contributed by atoms with van der Waals surface area (Å²) in [6.45, 7) is 0.357. The van der Waals surface area contributed by atoms with Gasteiger partial charge in [-0.25, -0.2) is 4.98 Å². The van der Waals surface area contributed by atoms with E-state index in [1.54, 1.807) is 18.2 Å². The number of halogens is 1. The van der Waals surface area contributed by atoms with Gasteiger partial charge in [0.1, 0.15) is 11.6 Å². The Balaban J connectivity index is 2.08. The molecule has 20 heavy (non-hydrogen) atoms. The SMILES string of the molecule is O=C(O)C1CCc2c(Cl)nc(-c3cccc(O)c3)n2C1. The van der Waals surface area contributed by atoms with Crippen LogP contribution in [0.2, 0.25) is 5.15 Å². The van der Waals surface area contributed by atoms with E-state index in [0.29, 0.717) is 30.4 Å². The summed E-state index contributed by atoms with van der Waals surface area (Å²) >= 11 is 6.14. The highest BCUT2D eigenvalue weighted by molar-refractivity contribution is 6.30. The number of phenolic OH excluding ortho intramolecular Hbond substituents is 1. The molecule has 0 aliphatic carbocycles. The molecule has 1 atom stereocenters. The molecule has 3 rings (SSSR count). The third kappa shape index (κ3) is 2.14. The molecule has 0 fully saturated rings. The number of aliphatic carboxylic acids is 1. The van der Waals surface area contributed by atoms with Crippen molar-refractivity contribution in [2.45, 2.75) is 19.4 Å². The van der Waals surface area contributed by atoms with Gasteiger partial charge < -0.3 is 14.8 Å². The number of carboxylic acid groups (broad SMARTS) is 1. The minimum Gasteiger partial charge on any atom is -0.508 e. The van der Waals surface area contributed by atoms with Crippen molar-refractivity contribution in [2.75, 3.05) is 0 Å². The quantitative estimate of drug-likeness (QED) is 0.892. The number of aromatic nitrogens is 2. The molecule has 5 nitrogen and oxygen atoms in total. The highest BCUT2D eigenvalue weighted by Crippen LogP contribution is 2.32. The van der Waals surface area contributed by atoms with Crippen molar-refractivity contribution in [3.63, 3.8) is 0 Å². The number of benzene rings is 1. The summed E-state index contributed by atoms with van der Waals surface area (Å²) in [6.07, 6.45) is 1.17. The molecule has 0 amide bonds. The number of hydrogen-bond donors (Lipinski definition) is 2. The number of carboxylic acids is 1. The fourth-order valence-electron chi connectivity index (χ4n) is 2.58. The summed E-state index contributed by atoms with van der Waals surface area (Å²) in [7, 11) is 0. The maximum atomic E-state index is 11.2. The first-order chi connectivity index (χ1) is 9.56. The highest BCUT2D eigenvalue weighted by atomic mass is 35.5. The molecule has 1 aliphatic heterocycles. The van der Waals surface area contributed by atoms with Crippen molar-refractivity contribution in [3.05, 3.63) is 35.1 Å². The summed E-state index contributed by atoms with van der Waals surface area (Å²) in [5.41, 5.74) is 1.59. The minimum atomic E-state index is -0.803. The lowest BCUT2D eigenvalue weighted by Crippen LogP contribution is -2.26. The number of carbonyl (C=O) groups is 1. The minimum absolute atomic E-state index is 0.140. The van der Waals surface area contributed by atoms with Crippen LogP contribution in [0.4, 0.5) is 0 Å². The van der Waals surface area contributed by atoms with Crippen LogP contribution < -0.4 is 0 Å². The smallest absolute Gasteiger partial charge is 0.308 e. The van der Waals surface area contributed by atoms with E-state index in [1.807, 2.05) is 10.6 Å². The molecule has 0 bridgehead atoms. The van der Waals surface area contributed by atoms with Gasteiger partial charge in [-0.1, -0.05) is 23.7 Å². The maximum Gasteiger partial charge on any atom is 0.308 e. The van der Waals surface area contributed by atoms with Gasteiger partial charge in [0, 0.05) is 12.1 Å². The second-order valence-corrected chi connectivity index (χ2v) is 5.27. The lowest BCUT2D eigenvalue weighted by atomic mass is 9.98. The fourth-order valence-corrected chi connectivity index (χ4v) is 2.86. The predicted octanol–water partition coefficient (Wildman–Crippen LogP) is 2.56. The molecule has 1 aliphatic rings. The van der Waals surface area contributed by atoms with E-state index in [4.69, 9.17) is 16.7 Å². The maximum absolute atomic E-state index is 11.2. The number of fused-ring (bicyclic) bond motifs is 1. The summed E-state index contributed by atoms with van der Waals surface area (Å²) in [6, 6.07) is 6.70. The van der Waals surface area contributed by atoms with Crippen LogP contribution in [0.3, 0.4) is 0 Å². The Morgan fingerprint density at radius 1 is 1.45 bits per heavy atom. The number of nitrogens with zero attached hydrogens (tertiary/aromatic N) is 2. The van der Waals surface area contributed by atoms with Crippen molar-refractivity contribution in [1.29, 1.82) is 0 Å². The summed E-state index contributed by atoms with van der Waals surface area (Å²) < 4.78 is 1.85. The van der Waals surface area contributed by atoms with Crippen LogP contribution in [0.25, 0.3) is 11.4 Å². The summed E-state index contributed by atoms with van der Waals surface area (Å²) in [4.78, 5) is 15.5. The van der Waals surface area contributed by atoms with Crippen LogP contribution >= 0.6 is 11.6 Å². The zero-order chi connectivity index (χ0) is 14.3. The Morgan fingerprint density at radius 3 is 2.95 bits per heavy atom. The molecular weight excluding hydrogens is 280 g/mol. The topological polar surface area (TPSA) is 75.3 Å². The first kappa shape index (κ1) is 13.0. The standard InChI is InChI=1S/C14H13ClN2O3/c15-12-11-5-4-9(14(19)20)7-17(11)13(16-12)8-2-1-3-10(18)6-8/h1-3,6,9,18H,4-5,7H2,(H,19,20). The molecule has 2 heterocycles. The normalized spacial score (nSPS) is 17.8. The Hall–Kier alpha value is -2.01. The van der Waals surface area contributed by atoms with Gasteiger partial charge in [0.15, 0.2) is 5.15 Å². The van der Waals surface area contributed by atoms with E-state index >= 15 is 0 Å². The molecule has 2 aromatic rings. The average Bonchev–Trinajstić information content (AvgIpc) is 2.76. The van der Waals surface area contributed by atoms with Crippen molar-refractivity contribution in [1.82, 2.24) is 9.55 Å². The molecule has 104 valence electrons. The van der Waals surface area contributed by atoms with Crippen molar-refractivity contribution in [3.8, 4) is 17.1 Å². The van der Waals surface area contributed by atoms with Crippen LogP contribution in [0.5, 0.6) is 5.75 Å². The molecule has 0 saturated heterocycles. The molecule has 1 aromatic carbocycles. The van der Waals surface area contributed by atoms with Crippen LogP contribution in [-0.2, 0) is 17.8 Å². The summed E-state index contributed by atoms with van der Waals surface area (Å²) in [5, 5.41) is 19.1. The van der Waals surface area contributed by atoms with Crippen LogP contribution in [-0.4, -0.2) is 25.7 Å². The second kappa shape index (κ2) is 4.83. The Labute approximate surface area is 120 Å². The fraction of sp³-hybridized carbons (Fsp3) is 0.286. The Kier molecular flexibility index (Phi) is 3.14. The van der Waals surface area contributed by atoms with Gasteiger partial charge in [-0.2, -0.15) is 0 Å². The number of phenols is 1. The molecule has 2 N–H and O–H groups in total. The molecule has 0 spiro atoms. The van der Waals surface area contributed by atoms with E-state index in [2.05, 4.69) is 4.98 Å². The number of aromatic hydroxyl groups is 1. The average molecular weight is 293 g/mol. The molecule has 1 unspecified atom stereocenters. The third-order valence-corrected chi connectivity index (χ3v) is 3.91. The van der Waals surface area contributed by atoms with E-state index < -0.39 is 11.9 Å². The van der Waals surface area contributed by atoms with Crippen LogP contribution in [0.15, 0.2) is 24.3 Å². The van der Waals surface area contributed by atoms with Gasteiger partial charge in [0.25, 0.3) is 0 Å². The van der Waals surface area contributed by atoms with Crippen LogP contribution in [0, 0.1) is 5.92 Å². The molecule has 0 saturated carbocycles. The van der Waals surface area contributed by atoms with Crippen LogP contribution in [0.1, 0.15) is 12.1 Å². The number of imidazole rings is 1. The van der Waals surface area contributed by atoms with Gasteiger partial charge in [-0.3, -0.25) is 4.79 Å². The molecule has 6 heteroatoms. The Bertz CT molecular complexity index is 681. The zero-order valence-electron chi connectivity index (χ0n) is 10.6. The predicted molar refractivity (Wildman–Crippen MR) is 73.8 cm³/mol. The Morgan fingerprint density at radius 2 is 2.25 bits per heavy atom. The van der Waals surface area contributed by atoms with Gasteiger partial charge in [0.05, 0.1) is 11.6 Å². The lowest BCUT2D eigenvalue weighted by Gasteiger charge is -2.22. The first-order valence-electron chi connectivity index (χ1n) is 6.33. The highest BCUT2D eigenvalue weighted by Gasteiger charge is 2.29. The molecule has 0 radical (unpaired) electrons. The zero-order valence-corrected chi connectivity index (χ0v) is 11.3. The van der Waals surface area contributed by atoms with E-state index in [1.165, 1.54) is 0 Å². The van der Waals surface area contributed by atoms with E-state index in [-0.39, 0.29) is 5.75 Å². The van der Waals surface area contributed by atoms with Crippen molar-refractivity contribution < 1.29 is 15.0 Å². The lowest BCUT2D eigenvalue weighted by molar-refractivity contribution is -0.142. The van der Waals surface area contributed by atoms with Crippen molar-refractivity contribution in [2.24, 2.45) is 5.92 Å². The van der Waals surface area contributed by atoms with Gasteiger partial charge in [0.2, 0.25) is 0 Å². The van der Waals surface area contributed by atoms with E-state index in [0.717, 1.165) is 11.3 Å². The number of hydrogen-bond acceptors (Lipinski definition) is 3. The third-order valence-electron chi connectivity index (χ3n) is 3.61. The molecular formula is C14H13ClN2O3. The van der Waals surface area contributed by atoms with Gasteiger partial charge in [-0.05, 0) is 25.0 Å². The monoisotopic (exact) mass is 292 g/mol. The number of rotatable bonds is 2. The van der Waals surface area contributed by atoms with Gasteiger partial charge >= 0.3 is 5.97 Å². The largest absolute Gasteiger partial charge is 0.508 e. The van der Waals surface area contributed by atoms with E-state index in [9.17, 15) is 9.90 Å². The van der Waals surface area contributed by atoms with Gasteiger partial charge in [-0.15, -0.1) is 0 Å². The van der Waals surface area contributed by atoms with Crippen molar-refractivity contribution >= 4 is 17.6 Å². The first-order valence-corrected chi connectivity index (χ1v) is 6.71. The molecule has 1 aromatic heterocycles.